The van der Waals surface area contributed by atoms with Crippen LogP contribution in [0.5, 0.6) is 0 Å². The van der Waals surface area contributed by atoms with Gasteiger partial charge in [-0.3, -0.25) is 9.59 Å². The number of nitrogens with zero attached hydrogens (tertiary/aromatic N) is 1. The summed E-state index contributed by atoms with van der Waals surface area (Å²) < 4.78 is 26.9. The fraction of sp³-hybridized carbons (Fsp3) is 0.529. The summed E-state index contributed by atoms with van der Waals surface area (Å²) in [6.45, 7) is 2.07. The second-order valence-electron chi connectivity index (χ2n) is 6.08. The van der Waals surface area contributed by atoms with Gasteiger partial charge in [0.2, 0.25) is 5.91 Å². The van der Waals surface area contributed by atoms with E-state index in [4.69, 9.17) is 0 Å². The van der Waals surface area contributed by atoms with E-state index in [2.05, 4.69) is 5.32 Å². The second kappa shape index (κ2) is 8.35. The third-order valence-electron chi connectivity index (χ3n) is 4.21. The zero-order chi connectivity index (χ0) is 18.6. The number of carbonyl (C=O) groups is 2. The first-order valence-corrected chi connectivity index (χ1v) is 8.26. The minimum Gasteiger partial charge on any atom is -0.388 e. The zero-order valence-corrected chi connectivity index (χ0v) is 13.9. The fourth-order valence-electron chi connectivity index (χ4n) is 2.83. The smallest absolute Gasteiger partial charge is 0.257 e. The summed E-state index contributed by atoms with van der Waals surface area (Å²) in [6, 6.07) is 1.14. The van der Waals surface area contributed by atoms with Crippen molar-refractivity contribution >= 4 is 11.8 Å². The number of halogens is 2. The van der Waals surface area contributed by atoms with Gasteiger partial charge in [0.1, 0.15) is 29.9 Å². The topological polar surface area (TPSA) is 89.9 Å². The Hall–Kier alpha value is -2.06. The number of carbonyl (C=O) groups excluding carboxylic acids is 2. The number of β-amino-alcohol motifs (C(OH)–C–C–N with tert-alkyl or cyclic N) is 1. The molecule has 1 aliphatic heterocycles. The van der Waals surface area contributed by atoms with E-state index in [1.807, 2.05) is 6.92 Å². The highest BCUT2D eigenvalue weighted by atomic mass is 19.1. The monoisotopic (exact) mass is 356 g/mol. The van der Waals surface area contributed by atoms with Gasteiger partial charge in [0.05, 0.1) is 12.1 Å². The van der Waals surface area contributed by atoms with Gasteiger partial charge < -0.3 is 20.4 Å². The van der Waals surface area contributed by atoms with Gasteiger partial charge in [-0.1, -0.05) is 19.8 Å². The van der Waals surface area contributed by atoms with Crippen LogP contribution in [0.15, 0.2) is 18.2 Å². The molecule has 138 valence electrons. The Kier molecular flexibility index (Phi) is 6.44. The van der Waals surface area contributed by atoms with Crippen LogP contribution in [0.25, 0.3) is 0 Å². The number of nitrogens with one attached hydrogen (secondary N) is 1. The molecule has 1 fully saturated rings. The molecule has 0 aromatic heterocycles. The first kappa shape index (κ1) is 19.3. The quantitative estimate of drug-likeness (QED) is 0.658. The van der Waals surface area contributed by atoms with E-state index in [1.165, 1.54) is 0 Å². The third kappa shape index (κ3) is 4.32. The van der Waals surface area contributed by atoms with E-state index >= 15 is 0 Å². The molecule has 2 amide bonds. The lowest BCUT2D eigenvalue weighted by Gasteiger charge is -2.25. The van der Waals surface area contributed by atoms with Crippen LogP contribution in [0.3, 0.4) is 0 Å². The Morgan fingerprint density at radius 3 is 2.64 bits per heavy atom. The third-order valence-corrected chi connectivity index (χ3v) is 4.21. The van der Waals surface area contributed by atoms with E-state index in [-0.39, 0.29) is 6.54 Å². The highest BCUT2D eigenvalue weighted by Gasteiger charge is 2.46. The number of aliphatic hydroxyl groups excluding tert-OH is 2. The average molecular weight is 356 g/mol. The van der Waals surface area contributed by atoms with Crippen molar-refractivity contribution in [2.45, 2.75) is 44.4 Å². The van der Waals surface area contributed by atoms with Crippen molar-refractivity contribution in [3.63, 3.8) is 0 Å². The minimum atomic E-state index is -1.47. The Morgan fingerprint density at radius 1 is 1.28 bits per heavy atom. The molecule has 1 aliphatic rings. The maximum absolute atomic E-state index is 13.9. The molecule has 0 aliphatic carbocycles. The molecular formula is C17H22F2N2O4. The number of amides is 2. The summed E-state index contributed by atoms with van der Waals surface area (Å²) in [6.07, 6.45) is -0.166. The van der Waals surface area contributed by atoms with Gasteiger partial charge in [-0.25, -0.2) is 8.78 Å². The van der Waals surface area contributed by atoms with Crippen molar-refractivity contribution in [1.82, 2.24) is 10.2 Å². The van der Waals surface area contributed by atoms with Gasteiger partial charge in [-0.2, -0.15) is 0 Å². The van der Waals surface area contributed by atoms with Crippen molar-refractivity contribution in [2.24, 2.45) is 0 Å². The lowest BCUT2D eigenvalue weighted by molar-refractivity contribution is -0.128. The molecule has 1 aromatic carbocycles. The van der Waals surface area contributed by atoms with Crippen LogP contribution in [0.4, 0.5) is 8.78 Å². The van der Waals surface area contributed by atoms with Crippen molar-refractivity contribution in [3.05, 3.63) is 35.4 Å². The van der Waals surface area contributed by atoms with Crippen LogP contribution in [-0.2, 0) is 4.79 Å². The molecule has 0 saturated carbocycles. The van der Waals surface area contributed by atoms with Crippen LogP contribution in [-0.4, -0.2) is 58.3 Å². The summed E-state index contributed by atoms with van der Waals surface area (Å²) in [7, 11) is 0. The van der Waals surface area contributed by atoms with E-state index in [1.54, 1.807) is 0 Å². The summed E-state index contributed by atoms with van der Waals surface area (Å²) in [4.78, 5) is 25.8. The molecule has 3 atom stereocenters. The van der Waals surface area contributed by atoms with Gasteiger partial charge in [0.15, 0.2) is 0 Å². The van der Waals surface area contributed by atoms with Gasteiger partial charge in [-0.05, 0) is 18.6 Å². The molecule has 6 nitrogen and oxygen atoms in total. The molecule has 0 bridgehead atoms. The lowest BCUT2D eigenvalue weighted by Crippen LogP contribution is -2.50. The molecule has 1 saturated heterocycles. The van der Waals surface area contributed by atoms with Gasteiger partial charge in [0.25, 0.3) is 5.91 Å². The second-order valence-corrected chi connectivity index (χ2v) is 6.08. The largest absolute Gasteiger partial charge is 0.388 e. The lowest BCUT2D eigenvalue weighted by atomic mass is 10.1. The summed E-state index contributed by atoms with van der Waals surface area (Å²) in [5, 5.41) is 22.5. The number of benzene rings is 1. The van der Waals surface area contributed by atoms with Crippen molar-refractivity contribution in [2.75, 3.05) is 13.1 Å². The highest BCUT2D eigenvalue weighted by molar-refractivity contribution is 5.98. The van der Waals surface area contributed by atoms with Gasteiger partial charge >= 0.3 is 0 Å². The molecule has 1 aromatic rings. The molecule has 8 heteroatoms. The van der Waals surface area contributed by atoms with Crippen molar-refractivity contribution in [1.29, 1.82) is 0 Å². The molecule has 0 spiro atoms. The van der Waals surface area contributed by atoms with Crippen LogP contribution < -0.4 is 5.32 Å². The number of likely N-dealkylation sites (tertiary alicyclic amines) is 1. The predicted molar refractivity (Wildman–Crippen MR) is 85.7 cm³/mol. The number of unbranched alkanes of at least 4 members (excludes halogenated alkanes) is 2. The Bertz CT molecular complexity index is 641. The first-order valence-electron chi connectivity index (χ1n) is 8.26. The standard InChI is InChI=1S/C17H22F2N2O4/c1-2-3-4-7-20-16(24)14-15(23)13(22)9-21(14)17(25)11-6-5-10(18)8-12(11)19/h5-6,8,13-15,22-23H,2-4,7,9H2,1H3,(H,20,24)/t13-,14-,15-/m0/s1. The molecule has 3 N–H and O–H groups in total. The SMILES string of the molecule is CCCCCNC(=O)[C@@H]1[C@@H](O)[C@@H](O)CN1C(=O)c1ccc(F)cc1F. The first-order chi connectivity index (χ1) is 11.9. The predicted octanol–water partition coefficient (Wildman–Crippen LogP) is 0.817. The maximum Gasteiger partial charge on any atom is 0.257 e. The highest BCUT2D eigenvalue weighted by Crippen LogP contribution is 2.23. The number of rotatable bonds is 6. The molecule has 0 radical (unpaired) electrons. The van der Waals surface area contributed by atoms with Crippen LogP contribution in [0, 0.1) is 11.6 Å². The molecule has 1 heterocycles. The summed E-state index contributed by atoms with van der Waals surface area (Å²) in [5.74, 6) is -3.40. The molecule has 0 unspecified atom stereocenters. The zero-order valence-electron chi connectivity index (χ0n) is 13.9. The number of hydrogen-bond donors (Lipinski definition) is 3. The van der Waals surface area contributed by atoms with E-state index in [0.29, 0.717) is 12.6 Å². The van der Waals surface area contributed by atoms with Gasteiger partial charge in [-0.15, -0.1) is 0 Å². The Morgan fingerprint density at radius 2 is 2.00 bits per heavy atom. The van der Waals surface area contributed by atoms with Crippen LogP contribution in [0.1, 0.15) is 36.5 Å². The number of aliphatic hydroxyl groups is 2. The van der Waals surface area contributed by atoms with E-state index in [9.17, 15) is 28.6 Å². The summed E-state index contributed by atoms with van der Waals surface area (Å²) >= 11 is 0. The van der Waals surface area contributed by atoms with Crippen molar-refractivity contribution in [3.8, 4) is 0 Å². The average Bonchev–Trinajstić information content (AvgIpc) is 2.86. The maximum atomic E-state index is 13.9. The molecule has 25 heavy (non-hydrogen) atoms. The van der Waals surface area contributed by atoms with E-state index < -0.39 is 47.3 Å². The summed E-state index contributed by atoms with van der Waals surface area (Å²) in [5.41, 5.74) is -0.425. The van der Waals surface area contributed by atoms with Crippen molar-refractivity contribution < 1.29 is 28.6 Å². The normalized spacial score (nSPS) is 22.9. The Labute approximate surface area is 144 Å². The Balaban J connectivity index is 2.16. The number of hydrogen-bond acceptors (Lipinski definition) is 4. The van der Waals surface area contributed by atoms with Crippen LogP contribution in [0.2, 0.25) is 0 Å². The fourth-order valence-corrected chi connectivity index (χ4v) is 2.83. The van der Waals surface area contributed by atoms with E-state index in [0.717, 1.165) is 36.3 Å². The minimum absolute atomic E-state index is 0.316. The molecular weight excluding hydrogens is 334 g/mol. The van der Waals surface area contributed by atoms with Gasteiger partial charge in [0, 0.05) is 12.6 Å². The molecule has 2 rings (SSSR count). The van der Waals surface area contributed by atoms with Crippen LogP contribution >= 0.6 is 0 Å².